The van der Waals surface area contributed by atoms with Gasteiger partial charge in [0.25, 0.3) is 0 Å². The molecular weight excluding hydrogens is 218 g/mol. The first kappa shape index (κ1) is 14.4. The van der Waals surface area contributed by atoms with Crippen molar-refractivity contribution in [3.8, 4) is 0 Å². The van der Waals surface area contributed by atoms with Crippen molar-refractivity contribution < 1.29 is 0 Å². The van der Waals surface area contributed by atoms with Gasteiger partial charge < -0.3 is 5.32 Å². The summed E-state index contributed by atoms with van der Waals surface area (Å²) in [6.45, 7) is 4.79. The lowest BCUT2D eigenvalue weighted by Crippen LogP contribution is -2.41. The van der Waals surface area contributed by atoms with Crippen LogP contribution in [0.1, 0.15) is 84.5 Å². The second-order valence-electron chi connectivity index (χ2n) is 7.06. The van der Waals surface area contributed by atoms with Crippen LogP contribution in [0.5, 0.6) is 0 Å². The lowest BCUT2D eigenvalue weighted by Gasteiger charge is -2.34. The average molecular weight is 251 g/mol. The molecule has 0 aromatic heterocycles. The quantitative estimate of drug-likeness (QED) is 0.752. The zero-order chi connectivity index (χ0) is 12.8. The van der Waals surface area contributed by atoms with E-state index < -0.39 is 0 Å². The van der Waals surface area contributed by atoms with Gasteiger partial charge in [0.2, 0.25) is 0 Å². The van der Waals surface area contributed by atoms with Crippen LogP contribution < -0.4 is 5.32 Å². The smallest absolute Gasteiger partial charge is 0.00698 e. The van der Waals surface area contributed by atoms with Crippen molar-refractivity contribution in [3.63, 3.8) is 0 Å². The highest BCUT2D eigenvalue weighted by Crippen LogP contribution is 2.30. The van der Waals surface area contributed by atoms with Gasteiger partial charge in [0.1, 0.15) is 0 Å². The minimum Gasteiger partial charge on any atom is -0.311 e. The molecule has 0 aromatic rings. The predicted octanol–water partition coefficient (Wildman–Crippen LogP) is 4.90. The van der Waals surface area contributed by atoms with E-state index in [-0.39, 0.29) is 0 Å². The molecule has 0 spiro atoms. The van der Waals surface area contributed by atoms with Crippen LogP contribution in [-0.4, -0.2) is 12.1 Å². The molecule has 0 unspecified atom stereocenters. The molecular formula is C17H33N. The van der Waals surface area contributed by atoms with E-state index in [9.17, 15) is 0 Å². The first-order chi connectivity index (χ1) is 8.75. The van der Waals surface area contributed by atoms with Crippen molar-refractivity contribution in [2.75, 3.05) is 0 Å². The maximum Gasteiger partial charge on any atom is 0.00698 e. The summed E-state index contributed by atoms with van der Waals surface area (Å²) in [5.41, 5.74) is 0. The minimum absolute atomic E-state index is 0.837. The van der Waals surface area contributed by atoms with Gasteiger partial charge in [-0.25, -0.2) is 0 Å². The van der Waals surface area contributed by atoms with Crippen LogP contribution in [0.4, 0.5) is 0 Å². The van der Waals surface area contributed by atoms with E-state index >= 15 is 0 Å². The highest BCUT2D eigenvalue weighted by molar-refractivity contribution is 4.82. The molecule has 0 heterocycles. The highest BCUT2D eigenvalue weighted by Gasteiger charge is 2.24. The second-order valence-corrected chi connectivity index (χ2v) is 7.06. The zero-order valence-electron chi connectivity index (χ0n) is 12.6. The molecule has 0 radical (unpaired) electrons. The van der Waals surface area contributed by atoms with Crippen LogP contribution >= 0.6 is 0 Å². The summed E-state index contributed by atoms with van der Waals surface area (Å²) < 4.78 is 0. The van der Waals surface area contributed by atoms with Crippen molar-refractivity contribution in [1.29, 1.82) is 0 Å². The zero-order valence-corrected chi connectivity index (χ0v) is 12.6. The fourth-order valence-corrected chi connectivity index (χ4v) is 3.91. The van der Waals surface area contributed by atoms with Crippen LogP contribution in [0, 0.1) is 11.8 Å². The molecule has 1 nitrogen and oxygen atoms in total. The summed E-state index contributed by atoms with van der Waals surface area (Å²) in [6, 6.07) is 1.68. The highest BCUT2D eigenvalue weighted by atomic mass is 14.9. The van der Waals surface area contributed by atoms with Gasteiger partial charge in [-0.15, -0.1) is 0 Å². The van der Waals surface area contributed by atoms with Gasteiger partial charge in [-0.2, -0.15) is 0 Å². The number of nitrogens with one attached hydrogen (secondary N) is 1. The Morgan fingerprint density at radius 3 is 1.72 bits per heavy atom. The van der Waals surface area contributed by atoms with E-state index in [1.54, 1.807) is 0 Å². The lowest BCUT2D eigenvalue weighted by molar-refractivity contribution is 0.220. The van der Waals surface area contributed by atoms with Crippen LogP contribution in [0.3, 0.4) is 0 Å². The van der Waals surface area contributed by atoms with Gasteiger partial charge in [0.05, 0.1) is 0 Å². The molecule has 2 fully saturated rings. The standard InChI is InChI=1S/C17H33N/c1-14(2)15-10-12-17(13-11-15)18-16-8-6-4-3-5-7-9-16/h14-18H,3-13H2,1-2H3. The van der Waals surface area contributed by atoms with E-state index in [2.05, 4.69) is 19.2 Å². The molecule has 18 heavy (non-hydrogen) atoms. The largest absolute Gasteiger partial charge is 0.311 e. The molecule has 2 aliphatic carbocycles. The third-order valence-electron chi connectivity index (χ3n) is 5.29. The molecule has 0 saturated heterocycles. The first-order valence-electron chi connectivity index (χ1n) is 8.51. The molecule has 0 atom stereocenters. The second kappa shape index (κ2) is 7.53. The summed E-state index contributed by atoms with van der Waals surface area (Å²) in [7, 11) is 0. The van der Waals surface area contributed by atoms with Crippen molar-refractivity contribution in [2.24, 2.45) is 11.8 Å². The Morgan fingerprint density at radius 1 is 0.667 bits per heavy atom. The van der Waals surface area contributed by atoms with Crippen molar-refractivity contribution in [1.82, 2.24) is 5.32 Å². The molecule has 0 aromatic carbocycles. The van der Waals surface area contributed by atoms with Gasteiger partial charge in [0, 0.05) is 12.1 Å². The molecule has 2 saturated carbocycles. The monoisotopic (exact) mass is 251 g/mol. The van der Waals surface area contributed by atoms with Gasteiger partial charge in [-0.05, 0) is 50.4 Å². The maximum atomic E-state index is 3.99. The van der Waals surface area contributed by atoms with Crippen LogP contribution in [0.2, 0.25) is 0 Å². The van der Waals surface area contributed by atoms with Crippen molar-refractivity contribution in [2.45, 2.75) is 96.6 Å². The maximum absolute atomic E-state index is 3.99. The van der Waals surface area contributed by atoms with Gasteiger partial charge in [0.15, 0.2) is 0 Å². The van der Waals surface area contributed by atoms with Crippen molar-refractivity contribution in [3.05, 3.63) is 0 Å². The van der Waals surface area contributed by atoms with Crippen LogP contribution in [0.15, 0.2) is 0 Å². The molecule has 1 N–H and O–H groups in total. The first-order valence-corrected chi connectivity index (χ1v) is 8.51. The Morgan fingerprint density at radius 2 is 1.17 bits per heavy atom. The molecule has 2 aliphatic rings. The van der Waals surface area contributed by atoms with E-state index in [0.29, 0.717) is 0 Å². The number of hydrogen-bond acceptors (Lipinski definition) is 1. The summed E-state index contributed by atoms with van der Waals surface area (Å²) in [5, 5.41) is 3.99. The normalized spacial score (nSPS) is 32.2. The Balaban J connectivity index is 1.69. The molecule has 106 valence electrons. The Hall–Kier alpha value is -0.0400. The summed E-state index contributed by atoms with van der Waals surface area (Å²) in [5.74, 6) is 1.90. The Kier molecular flexibility index (Phi) is 6.01. The molecule has 0 aliphatic heterocycles. The average Bonchev–Trinajstić information content (AvgIpc) is 2.33. The third kappa shape index (κ3) is 4.57. The van der Waals surface area contributed by atoms with Gasteiger partial charge in [-0.1, -0.05) is 46.0 Å². The summed E-state index contributed by atoms with van der Waals surface area (Å²) in [6.07, 6.45) is 16.0. The molecule has 0 amide bonds. The third-order valence-corrected chi connectivity index (χ3v) is 5.29. The van der Waals surface area contributed by atoms with Crippen LogP contribution in [0.25, 0.3) is 0 Å². The van der Waals surface area contributed by atoms with Gasteiger partial charge in [-0.3, -0.25) is 0 Å². The van der Waals surface area contributed by atoms with E-state index in [1.165, 1.54) is 70.6 Å². The van der Waals surface area contributed by atoms with E-state index in [0.717, 1.165) is 23.9 Å². The number of hydrogen-bond donors (Lipinski definition) is 1. The topological polar surface area (TPSA) is 12.0 Å². The fraction of sp³-hybridized carbons (Fsp3) is 1.00. The summed E-state index contributed by atoms with van der Waals surface area (Å²) in [4.78, 5) is 0. The van der Waals surface area contributed by atoms with Crippen LogP contribution in [-0.2, 0) is 0 Å². The van der Waals surface area contributed by atoms with Gasteiger partial charge >= 0.3 is 0 Å². The molecule has 0 bridgehead atoms. The molecule has 2 rings (SSSR count). The summed E-state index contributed by atoms with van der Waals surface area (Å²) >= 11 is 0. The van der Waals surface area contributed by atoms with E-state index in [1.807, 2.05) is 0 Å². The van der Waals surface area contributed by atoms with E-state index in [4.69, 9.17) is 0 Å². The lowest BCUT2D eigenvalue weighted by atomic mass is 9.79. The predicted molar refractivity (Wildman–Crippen MR) is 79.8 cm³/mol. The Labute approximate surface area is 114 Å². The minimum atomic E-state index is 0.837. The Bertz CT molecular complexity index is 208. The SMILES string of the molecule is CC(C)C1CCC(NC2CCCCCCC2)CC1. The van der Waals surface area contributed by atoms with Crippen molar-refractivity contribution >= 4 is 0 Å². The molecule has 1 heteroatoms. The number of rotatable bonds is 3. The fourth-order valence-electron chi connectivity index (χ4n) is 3.91.